The van der Waals surface area contributed by atoms with Crippen LogP contribution in [-0.4, -0.2) is 41.3 Å². The summed E-state index contributed by atoms with van der Waals surface area (Å²) in [6, 6.07) is 7.50. The number of aliphatic hydroxyl groups is 1. The summed E-state index contributed by atoms with van der Waals surface area (Å²) in [4.78, 5) is 13.8. The third kappa shape index (κ3) is 5.02. The molecule has 1 aliphatic rings. The van der Waals surface area contributed by atoms with Crippen LogP contribution >= 0.6 is 0 Å². The first-order chi connectivity index (χ1) is 10.0. The smallest absolute Gasteiger partial charge is 0.321 e. The summed E-state index contributed by atoms with van der Waals surface area (Å²) in [5, 5.41) is 12.5. The highest BCUT2D eigenvalue weighted by Gasteiger charge is 2.21. The second-order valence-corrected chi connectivity index (χ2v) is 5.73. The molecule has 0 aromatic heterocycles. The maximum absolute atomic E-state index is 12.2. The average molecular weight is 292 g/mol. The van der Waals surface area contributed by atoms with E-state index in [-0.39, 0.29) is 12.1 Å². The van der Waals surface area contributed by atoms with Crippen LogP contribution in [0.4, 0.5) is 10.5 Å². The number of β-amino-alcohol motifs (C(OH)–C–C–N with tert-alkyl or cyclic N) is 1. The molecule has 1 aliphatic heterocycles. The fourth-order valence-corrected chi connectivity index (χ4v) is 2.34. The molecular weight excluding hydrogens is 268 g/mol. The topological polar surface area (TPSA) is 61.8 Å². The highest BCUT2D eigenvalue weighted by atomic mass is 16.5. The van der Waals surface area contributed by atoms with Crippen molar-refractivity contribution in [2.24, 2.45) is 0 Å². The normalized spacial score (nSPS) is 18.9. The molecular formula is C16H24N2O3. The summed E-state index contributed by atoms with van der Waals surface area (Å²) in [5.41, 5.74) is 1.78. The maximum Gasteiger partial charge on any atom is 0.321 e. The Balaban J connectivity index is 1.92. The van der Waals surface area contributed by atoms with Gasteiger partial charge in [0.1, 0.15) is 0 Å². The number of hydrogen-bond acceptors (Lipinski definition) is 3. The molecule has 1 atom stereocenters. The van der Waals surface area contributed by atoms with Gasteiger partial charge in [-0.05, 0) is 44.4 Å². The number of urea groups is 1. The molecule has 1 aromatic carbocycles. The van der Waals surface area contributed by atoms with Crippen molar-refractivity contribution < 1.29 is 14.6 Å². The summed E-state index contributed by atoms with van der Waals surface area (Å²) in [5.74, 6) is 0. The Labute approximate surface area is 125 Å². The molecule has 0 saturated carbocycles. The fourth-order valence-electron chi connectivity index (χ4n) is 2.34. The summed E-state index contributed by atoms with van der Waals surface area (Å²) < 4.78 is 5.56. The molecule has 1 fully saturated rings. The van der Waals surface area contributed by atoms with Gasteiger partial charge < -0.3 is 20.1 Å². The molecule has 2 rings (SSSR count). The van der Waals surface area contributed by atoms with E-state index in [4.69, 9.17) is 4.74 Å². The Bertz CT molecular complexity index is 476. The zero-order valence-corrected chi connectivity index (χ0v) is 12.7. The van der Waals surface area contributed by atoms with E-state index >= 15 is 0 Å². The Morgan fingerprint density at radius 1 is 1.52 bits per heavy atom. The number of rotatable bonds is 4. The van der Waals surface area contributed by atoms with Crippen LogP contribution in [0.25, 0.3) is 0 Å². The van der Waals surface area contributed by atoms with Crippen LogP contribution in [0.15, 0.2) is 24.3 Å². The lowest BCUT2D eigenvalue weighted by atomic mass is 10.1. The van der Waals surface area contributed by atoms with Crippen molar-refractivity contribution in [3.63, 3.8) is 0 Å². The molecule has 21 heavy (non-hydrogen) atoms. The Morgan fingerprint density at radius 3 is 3.05 bits per heavy atom. The number of amides is 2. The van der Waals surface area contributed by atoms with Gasteiger partial charge in [-0.15, -0.1) is 0 Å². The molecule has 0 spiro atoms. The van der Waals surface area contributed by atoms with Crippen LogP contribution < -0.4 is 5.32 Å². The molecule has 1 aromatic rings. The number of nitrogens with zero attached hydrogens (tertiary/aromatic N) is 1. The van der Waals surface area contributed by atoms with E-state index in [0.717, 1.165) is 24.1 Å². The number of likely N-dealkylation sites (tertiary alicyclic amines) is 1. The van der Waals surface area contributed by atoms with Gasteiger partial charge in [-0.3, -0.25) is 0 Å². The van der Waals surface area contributed by atoms with Crippen molar-refractivity contribution in [1.82, 2.24) is 4.90 Å². The van der Waals surface area contributed by atoms with Crippen LogP contribution in [0.1, 0.15) is 32.3 Å². The number of carbonyl (C=O) groups excluding carboxylic acids is 1. The number of aliphatic hydroxyl groups excluding tert-OH is 1. The van der Waals surface area contributed by atoms with Gasteiger partial charge in [0.05, 0.1) is 18.8 Å². The highest BCUT2D eigenvalue weighted by Crippen LogP contribution is 2.15. The predicted octanol–water partition coefficient (Wildman–Crippen LogP) is 2.60. The average Bonchev–Trinajstić information content (AvgIpc) is 2.45. The van der Waals surface area contributed by atoms with Crippen LogP contribution in [0, 0.1) is 0 Å². The lowest BCUT2D eigenvalue weighted by Gasteiger charge is -2.30. The zero-order chi connectivity index (χ0) is 15.2. The van der Waals surface area contributed by atoms with E-state index in [2.05, 4.69) is 5.32 Å². The molecule has 2 amide bonds. The van der Waals surface area contributed by atoms with E-state index in [1.54, 1.807) is 4.90 Å². The third-order valence-corrected chi connectivity index (χ3v) is 3.45. The molecule has 0 bridgehead atoms. The minimum atomic E-state index is -0.407. The molecule has 1 heterocycles. The van der Waals surface area contributed by atoms with Crippen molar-refractivity contribution in [3.05, 3.63) is 29.8 Å². The van der Waals surface area contributed by atoms with Crippen molar-refractivity contribution in [2.45, 2.75) is 45.5 Å². The van der Waals surface area contributed by atoms with Crippen LogP contribution in [0.2, 0.25) is 0 Å². The van der Waals surface area contributed by atoms with E-state index in [1.807, 2.05) is 38.1 Å². The van der Waals surface area contributed by atoms with E-state index < -0.39 is 6.10 Å². The predicted molar refractivity (Wildman–Crippen MR) is 82.2 cm³/mol. The first-order valence-electron chi connectivity index (χ1n) is 7.49. The number of benzene rings is 1. The zero-order valence-electron chi connectivity index (χ0n) is 12.7. The van der Waals surface area contributed by atoms with E-state index in [0.29, 0.717) is 19.7 Å². The van der Waals surface area contributed by atoms with Gasteiger partial charge >= 0.3 is 6.03 Å². The van der Waals surface area contributed by atoms with Crippen LogP contribution in [0.3, 0.4) is 0 Å². The lowest BCUT2D eigenvalue weighted by molar-refractivity contribution is 0.0657. The molecule has 0 aliphatic carbocycles. The number of hydrogen-bond donors (Lipinski definition) is 2. The standard InChI is InChI=1S/C16H24N2O3/c1-12(2)21-11-13-5-3-6-14(9-13)17-16(20)18-8-4-7-15(19)10-18/h3,5-6,9,12,15,19H,4,7-8,10-11H2,1-2H3,(H,17,20). The van der Waals surface area contributed by atoms with E-state index in [9.17, 15) is 9.90 Å². The van der Waals surface area contributed by atoms with Gasteiger partial charge in [-0.25, -0.2) is 4.79 Å². The van der Waals surface area contributed by atoms with Crippen molar-refractivity contribution in [1.29, 1.82) is 0 Å². The molecule has 5 heteroatoms. The Kier molecular flexibility index (Phi) is 5.59. The lowest BCUT2D eigenvalue weighted by Crippen LogP contribution is -2.44. The minimum Gasteiger partial charge on any atom is -0.391 e. The molecule has 1 saturated heterocycles. The van der Waals surface area contributed by atoms with Crippen LogP contribution in [0.5, 0.6) is 0 Å². The Morgan fingerprint density at radius 2 is 2.33 bits per heavy atom. The van der Waals surface area contributed by atoms with Gasteiger partial charge in [0.25, 0.3) is 0 Å². The first kappa shape index (κ1) is 15.8. The van der Waals surface area contributed by atoms with Crippen molar-refractivity contribution in [3.8, 4) is 0 Å². The Hall–Kier alpha value is -1.59. The monoisotopic (exact) mass is 292 g/mol. The molecule has 0 radical (unpaired) electrons. The number of anilines is 1. The summed E-state index contributed by atoms with van der Waals surface area (Å²) in [6.07, 6.45) is 1.39. The van der Waals surface area contributed by atoms with Gasteiger partial charge in [-0.1, -0.05) is 12.1 Å². The molecule has 5 nitrogen and oxygen atoms in total. The van der Waals surface area contributed by atoms with Gasteiger partial charge in [-0.2, -0.15) is 0 Å². The number of ether oxygens (including phenoxy) is 1. The second-order valence-electron chi connectivity index (χ2n) is 5.73. The van der Waals surface area contributed by atoms with Crippen molar-refractivity contribution >= 4 is 11.7 Å². The van der Waals surface area contributed by atoms with Gasteiger partial charge in [0, 0.05) is 18.8 Å². The number of nitrogens with one attached hydrogen (secondary N) is 1. The largest absolute Gasteiger partial charge is 0.391 e. The van der Waals surface area contributed by atoms with Crippen molar-refractivity contribution in [2.75, 3.05) is 18.4 Å². The van der Waals surface area contributed by atoms with Gasteiger partial charge in [0.15, 0.2) is 0 Å². The molecule has 116 valence electrons. The fraction of sp³-hybridized carbons (Fsp3) is 0.562. The minimum absolute atomic E-state index is 0.157. The number of piperidine rings is 1. The summed E-state index contributed by atoms with van der Waals surface area (Å²) in [6.45, 7) is 5.62. The number of carbonyl (C=O) groups is 1. The third-order valence-electron chi connectivity index (χ3n) is 3.45. The first-order valence-corrected chi connectivity index (χ1v) is 7.49. The molecule has 2 N–H and O–H groups in total. The highest BCUT2D eigenvalue weighted by molar-refractivity contribution is 5.89. The second kappa shape index (κ2) is 7.43. The van der Waals surface area contributed by atoms with Gasteiger partial charge in [0.2, 0.25) is 0 Å². The maximum atomic E-state index is 12.2. The quantitative estimate of drug-likeness (QED) is 0.896. The van der Waals surface area contributed by atoms with E-state index in [1.165, 1.54) is 0 Å². The summed E-state index contributed by atoms with van der Waals surface area (Å²) >= 11 is 0. The van der Waals surface area contributed by atoms with Crippen LogP contribution in [-0.2, 0) is 11.3 Å². The SMILES string of the molecule is CC(C)OCc1cccc(NC(=O)N2CCCC(O)C2)c1. The molecule has 1 unspecified atom stereocenters. The summed E-state index contributed by atoms with van der Waals surface area (Å²) in [7, 11) is 0.